The number of fused-ring (bicyclic) bond motifs is 1. The maximum Gasteiger partial charge on any atom is 0.261 e. The molecule has 1 unspecified atom stereocenters. The first-order valence-corrected chi connectivity index (χ1v) is 10.9. The molecule has 1 aromatic heterocycles. The second kappa shape index (κ2) is 10.3. The van der Waals surface area contributed by atoms with Crippen LogP contribution in [0.3, 0.4) is 0 Å². The van der Waals surface area contributed by atoms with Crippen LogP contribution in [0.5, 0.6) is 0 Å². The van der Waals surface area contributed by atoms with Crippen molar-refractivity contribution < 1.29 is 9.53 Å². The lowest BCUT2D eigenvalue weighted by Crippen LogP contribution is -2.39. The van der Waals surface area contributed by atoms with E-state index in [1.54, 1.807) is 40.8 Å². The zero-order valence-electron chi connectivity index (χ0n) is 17.8. The number of halogens is 2. The van der Waals surface area contributed by atoms with E-state index in [2.05, 4.69) is 0 Å². The quantitative estimate of drug-likeness (QED) is 0.475. The van der Waals surface area contributed by atoms with Gasteiger partial charge in [0.15, 0.2) is 0 Å². The Labute approximate surface area is 191 Å². The first kappa shape index (κ1) is 23.3. The third-order valence-corrected chi connectivity index (χ3v) is 5.98. The molecule has 3 rings (SSSR count). The van der Waals surface area contributed by atoms with Crippen LogP contribution in [0.15, 0.2) is 47.3 Å². The van der Waals surface area contributed by atoms with Gasteiger partial charge in [-0.05, 0) is 43.7 Å². The normalized spacial score (nSPS) is 12.2. The summed E-state index contributed by atoms with van der Waals surface area (Å²) in [6.07, 6.45) is 0.582. The van der Waals surface area contributed by atoms with Crippen molar-refractivity contribution in [2.24, 2.45) is 0 Å². The number of amides is 1. The summed E-state index contributed by atoms with van der Waals surface area (Å²) >= 11 is 12.1. The van der Waals surface area contributed by atoms with Gasteiger partial charge in [-0.3, -0.25) is 14.2 Å². The maximum absolute atomic E-state index is 13.4. The lowest BCUT2D eigenvalue weighted by atomic mass is 10.1. The van der Waals surface area contributed by atoms with Gasteiger partial charge in [0, 0.05) is 19.2 Å². The SMILES string of the molecule is CCC(c1nc2ccccc2c(=O)n1CCOC)N(CC)C(=O)c1ccc(Cl)c(Cl)c1. The molecule has 0 spiro atoms. The third kappa shape index (κ3) is 4.76. The summed E-state index contributed by atoms with van der Waals surface area (Å²) in [5.41, 5.74) is 0.892. The number of carbonyl (C=O) groups is 1. The highest BCUT2D eigenvalue weighted by Crippen LogP contribution is 2.28. The van der Waals surface area contributed by atoms with Crippen LogP contribution in [0, 0.1) is 0 Å². The van der Waals surface area contributed by atoms with Gasteiger partial charge in [-0.1, -0.05) is 42.3 Å². The Bertz CT molecular complexity index is 1150. The van der Waals surface area contributed by atoms with Gasteiger partial charge in [0.1, 0.15) is 5.82 Å². The fourth-order valence-electron chi connectivity index (χ4n) is 3.68. The predicted molar refractivity (Wildman–Crippen MR) is 124 cm³/mol. The molecule has 0 saturated carbocycles. The van der Waals surface area contributed by atoms with Crippen molar-refractivity contribution in [3.63, 3.8) is 0 Å². The molecule has 0 N–H and O–H groups in total. The molecule has 0 saturated heterocycles. The number of hydrogen-bond acceptors (Lipinski definition) is 4. The largest absolute Gasteiger partial charge is 0.383 e. The van der Waals surface area contributed by atoms with Crippen LogP contribution in [0.2, 0.25) is 10.0 Å². The minimum absolute atomic E-state index is 0.144. The van der Waals surface area contributed by atoms with Crippen LogP contribution in [-0.2, 0) is 11.3 Å². The highest BCUT2D eigenvalue weighted by atomic mass is 35.5. The Hall–Kier alpha value is -2.41. The van der Waals surface area contributed by atoms with Crippen molar-refractivity contribution in [1.82, 2.24) is 14.5 Å². The van der Waals surface area contributed by atoms with Crippen LogP contribution in [-0.4, -0.2) is 40.6 Å². The molecule has 1 amide bonds. The molecule has 0 aliphatic carbocycles. The third-order valence-electron chi connectivity index (χ3n) is 5.24. The lowest BCUT2D eigenvalue weighted by Gasteiger charge is -2.31. The number of ether oxygens (including phenoxy) is 1. The Kier molecular flexibility index (Phi) is 7.70. The summed E-state index contributed by atoms with van der Waals surface area (Å²) < 4.78 is 6.83. The summed E-state index contributed by atoms with van der Waals surface area (Å²) in [6, 6.07) is 11.6. The highest BCUT2D eigenvalue weighted by molar-refractivity contribution is 6.42. The standard InChI is InChI=1S/C23H25Cl2N3O3/c1-4-20(27(5-2)22(29)15-10-11-17(24)18(25)14-15)21-26-19-9-7-6-8-16(19)23(30)28(21)12-13-31-3/h6-11,14,20H,4-5,12-13H2,1-3H3. The van der Waals surface area contributed by atoms with E-state index in [4.69, 9.17) is 32.9 Å². The van der Waals surface area contributed by atoms with Crippen LogP contribution < -0.4 is 5.56 Å². The number of methoxy groups -OCH3 is 1. The van der Waals surface area contributed by atoms with Crippen molar-refractivity contribution in [3.05, 3.63) is 74.3 Å². The number of aromatic nitrogens is 2. The number of carbonyl (C=O) groups excluding carboxylic acids is 1. The van der Waals surface area contributed by atoms with E-state index in [1.165, 1.54) is 0 Å². The smallest absolute Gasteiger partial charge is 0.261 e. The molecule has 0 bridgehead atoms. The second-order valence-corrected chi connectivity index (χ2v) is 7.90. The van der Waals surface area contributed by atoms with Crippen molar-refractivity contribution in [2.45, 2.75) is 32.9 Å². The molecule has 0 aliphatic heterocycles. The fraction of sp³-hybridized carbons (Fsp3) is 0.348. The first-order chi connectivity index (χ1) is 14.9. The molecular formula is C23H25Cl2N3O3. The molecular weight excluding hydrogens is 437 g/mol. The lowest BCUT2D eigenvalue weighted by molar-refractivity contribution is 0.0667. The molecule has 0 fully saturated rings. The number of para-hydroxylation sites is 1. The maximum atomic E-state index is 13.4. The zero-order chi connectivity index (χ0) is 22.5. The van der Waals surface area contributed by atoms with E-state index in [1.807, 2.05) is 32.0 Å². The minimum atomic E-state index is -0.402. The number of nitrogens with zero attached hydrogens (tertiary/aromatic N) is 3. The van der Waals surface area contributed by atoms with Crippen LogP contribution in [0.4, 0.5) is 0 Å². The van der Waals surface area contributed by atoms with E-state index < -0.39 is 6.04 Å². The number of hydrogen-bond donors (Lipinski definition) is 0. The molecule has 1 atom stereocenters. The Morgan fingerprint density at radius 2 is 1.90 bits per heavy atom. The molecule has 3 aromatic rings. The number of benzene rings is 2. The number of rotatable bonds is 8. The Morgan fingerprint density at radius 1 is 1.16 bits per heavy atom. The van der Waals surface area contributed by atoms with Gasteiger partial charge in [-0.15, -0.1) is 0 Å². The summed E-state index contributed by atoms with van der Waals surface area (Å²) in [6.45, 7) is 5.01. The predicted octanol–water partition coefficient (Wildman–Crippen LogP) is 4.96. The van der Waals surface area contributed by atoms with E-state index in [0.29, 0.717) is 58.5 Å². The van der Waals surface area contributed by atoms with Gasteiger partial charge < -0.3 is 9.64 Å². The van der Waals surface area contributed by atoms with Crippen LogP contribution in [0.25, 0.3) is 10.9 Å². The monoisotopic (exact) mass is 461 g/mol. The van der Waals surface area contributed by atoms with E-state index >= 15 is 0 Å². The summed E-state index contributed by atoms with van der Waals surface area (Å²) in [7, 11) is 1.59. The molecule has 0 radical (unpaired) electrons. The van der Waals surface area contributed by atoms with Crippen molar-refractivity contribution in [3.8, 4) is 0 Å². The van der Waals surface area contributed by atoms with Gasteiger partial charge in [0.05, 0.1) is 40.1 Å². The van der Waals surface area contributed by atoms with E-state index in [0.717, 1.165) is 0 Å². The van der Waals surface area contributed by atoms with Gasteiger partial charge in [0.25, 0.3) is 11.5 Å². The molecule has 2 aromatic carbocycles. The van der Waals surface area contributed by atoms with Gasteiger partial charge in [-0.2, -0.15) is 0 Å². The zero-order valence-corrected chi connectivity index (χ0v) is 19.3. The van der Waals surface area contributed by atoms with E-state index in [-0.39, 0.29) is 11.5 Å². The molecule has 31 heavy (non-hydrogen) atoms. The summed E-state index contributed by atoms with van der Waals surface area (Å²) in [4.78, 5) is 33.1. The molecule has 164 valence electrons. The Morgan fingerprint density at radius 3 is 2.55 bits per heavy atom. The molecule has 1 heterocycles. The topological polar surface area (TPSA) is 64.4 Å². The summed E-state index contributed by atoms with van der Waals surface area (Å²) in [5, 5.41) is 1.24. The average Bonchev–Trinajstić information content (AvgIpc) is 2.78. The fourth-order valence-corrected chi connectivity index (χ4v) is 3.98. The molecule has 0 aliphatic rings. The highest BCUT2D eigenvalue weighted by Gasteiger charge is 2.28. The first-order valence-electron chi connectivity index (χ1n) is 10.2. The van der Waals surface area contributed by atoms with Crippen molar-refractivity contribution >= 4 is 40.0 Å². The average molecular weight is 462 g/mol. The van der Waals surface area contributed by atoms with Crippen molar-refractivity contribution in [1.29, 1.82) is 0 Å². The van der Waals surface area contributed by atoms with Crippen LogP contribution in [0.1, 0.15) is 42.5 Å². The van der Waals surface area contributed by atoms with Crippen LogP contribution >= 0.6 is 23.2 Å². The van der Waals surface area contributed by atoms with Crippen molar-refractivity contribution in [2.75, 3.05) is 20.3 Å². The van der Waals surface area contributed by atoms with Gasteiger partial charge >= 0.3 is 0 Å². The Balaban J connectivity index is 2.13. The minimum Gasteiger partial charge on any atom is -0.383 e. The van der Waals surface area contributed by atoms with Gasteiger partial charge in [0.2, 0.25) is 0 Å². The molecule has 6 nitrogen and oxygen atoms in total. The second-order valence-electron chi connectivity index (χ2n) is 7.08. The summed E-state index contributed by atoms with van der Waals surface area (Å²) in [5.74, 6) is 0.340. The van der Waals surface area contributed by atoms with E-state index in [9.17, 15) is 9.59 Å². The van der Waals surface area contributed by atoms with Gasteiger partial charge in [-0.25, -0.2) is 4.98 Å². The molecule has 8 heteroatoms.